The van der Waals surface area contributed by atoms with E-state index < -0.39 is 0 Å². The van der Waals surface area contributed by atoms with Gasteiger partial charge in [-0.05, 0) is 67.7 Å². The van der Waals surface area contributed by atoms with Gasteiger partial charge in [0.25, 0.3) is 0 Å². The van der Waals surface area contributed by atoms with E-state index in [2.05, 4.69) is 62.3 Å². The van der Waals surface area contributed by atoms with Crippen LogP contribution < -0.4 is 4.74 Å². The number of thiophene rings is 1. The summed E-state index contributed by atoms with van der Waals surface area (Å²) in [6, 6.07) is 8.52. The van der Waals surface area contributed by atoms with Gasteiger partial charge in [-0.25, -0.2) is 0 Å². The Balaban J connectivity index is 1.81. The Bertz CT molecular complexity index is 900. The average molecular weight is 411 g/mol. The van der Waals surface area contributed by atoms with Crippen molar-refractivity contribution in [1.82, 2.24) is 0 Å². The standard InChI is InChI=1S/C25H30O3S/c1-5-27-24(26)10-6-8-19(23-9-7-15-29-23)11-12-20-17-21-22(16-18(20)2)28-14-13-25(21,3)4/h7,9,15-17,19H,5-6,8,10,13-14H2,1-4H3. The molecule has 2 heterocycles. The monoisotopic (exact) mass is 410 g/mol. The zero-order valence-corrected chi connectivity index (χ0v) is 18.7. The first kappa shape index (κ1) is 21.5. The molecule has 29 heavy (non-hydrogen) atoms. The second-order valence-electron chi connectivity index (χ2n) is 8.18. The summed E-state index contributed by atoms with van der Waals surface area (Å²) in [5.74, 6) is 7.92. The Labute approximate surface area is 178 Å². The molecule has 1 aromatic heterocycles. The fourth-order valence-corrected chi connectivity index (χ4v) is 4.45. The number of ether oxygens (including phenoxy) is 2. The predicted molar refractivity (Wildman–Crippen MR) is 119 cm³/mol. The van der Waals surface area contributed by atoms with E-state index in [1.165, 1.54) is 10.4 Å². The first-order valence-corrected chi connectivity index (χ1v) is 11.3. The highest BCUT2D eigenvalue weighted by molar-refractivity contribution is 7.10. The van der Waals surface area contributed by atoms with Crippen molar-refractivity contribution in [3.05, 3.63) is 51.2 Å². The first-order chi connectivity index (χ1) is 13.9. The summed E-state index contributed by atoms with van der Waals surface area (Å²) in [5, 5.41) is 2.08. The molecule has 1 atom stereocenters. The highest BCUT2D eigenvalue weighted by Gasteiger charge is 2.29. The van der Waals surface area contributed by atoms with Crippen LogP contribution in [-0.2, 0) is 14.9 Å². The fraction of sp³-hybridized carbons (Fsp3) is 0.480. The summed E-state index contributed by atoms with van der Waals surface area (Å²) >= 11 is 1.72. The summed E-state index contributed by atoms with van der Waals surface area (Å²) in [4.78, 5) is 12.9. The molecule has 1 aromatic carbocycles. The lowest BCUT2D eigenvalue weighted by Gasteiger charge is -2.33. The van der Waals surface area contributed by atoms with Crippen LogP contribution in [0.3, 0.4) is 0 Å². The molecule has 1 aliphatic rings. The number of aryl methyl sites for hydroxylation is 1. The van der Waals surface area contributed by atoms with Crippen LogP contribution in [0, 0.1) is 18.8 Å². The lowest BCUT2D eigenvalue weighted by molar-refractivity contribution is -0.143. The van der Waals surface area contributed by atoms with Gasteiger partial charge in [0, 0.05) is 22.4 Å². The van der Waals surface area contributed by atoms with Crippen molar-refractivity contribution in [3.63, 3.8) is 0 Å². The van der Waals surface area contributed by atoms with Gasteiger partial charge < -0.3 is 9.47 Å². The summed E-state index contributed by atoms with van der Waals surface area (Å²) in [6.45, 7) is 9.67. The average Bonchev–Trinajstić information content (AvgIpc) is 3.19. The van der Waals surface area contributed by atoms with Crippen molar-refractivity contribution < 1.29 is 14.3 Å². The van der Waals surface area contributed by atoms with E-state index in [1.54, 1.807) is 11.3 Å². The van der Waals surface area contributed by atoms with Crippen LogP contribution in [-0.4, -0.2) is 19.2 Å². The van der Waals surface area contributed by atoms with Crippen LogP contribution in [0.25, 0.3) is 0 Å². The summed E-state index contributed by atoms with van der Waals surface area (Å²) < 4.78 is 10.9. The molecule has 154 valence electrons. The number of rotatable bonds is 6. The number of esters is 1. The topological polar surface area (TPSA) is 35.5 Å². The highest BCUT2D eigenvalue weighted by Crippen LogP contribution is 2.39. The van der Waals surface area contributed by atoms with Crippen LogP contribution in [0.4, 0.5) is 0 Å². The van der Waals surface area contributed by atoms with Crippen molar-refractivity contribution in [2.24, 2.45) is 0 Å². The SMILES string of the molecule is CCOC(=O)CCCC(C#Cc1cc2c(cc1C)OCCC2(C)C)c1cccs1. The van der Waals surface area contributed by atoms with Gasteiger partial charge in [-0.2, -0.15) is 0 Å². The van der Waals surface area contributed by atoms with Gasteiger partial charge in [0.1, 0.15) is 5.75 Å². The largest absolute Gasteiger partial charge is 0.493 e. The van der Waals surface area contributed by atoms with Crippen LogP contribution in [0.15, 0.2) is 29.6 Å². The third-order valence-corrected chi connectivity index (χ3v) is 6.47. The Morgan fingerprint density at radius 1 is 1.38 bits per heavy atom. The molecule has 2 aromatic rings. The molecule has 4 heteroatoms. The van der Waals surface area contributed by atoms with E-state index in [4.69, 9.17) is 9.47 Å². The van der Waals surface area contributed by atoms with Gasteiger partial charge in [-0.3, -0.25) is 4.79 Å². The fourth-order valence-electron chi connectivity index (χ4n) is 3.64. The van der Waals surface area contributed by atoms with Crippen LogP contribution in [0.2, 0.25) is 0 Å². The smallest absolute Gasteiger partial charge is 0.305 e. The lowest BCUT2D eigenvalue weighted by atomic mass is 9.78. The maximum atomic E-state index is 11.7. The molecule has 0 aliphatic carbocycles. The van der Waals surface area contributed by atoms with E-state index in [0.29, 0.717) is 13.0 Å². The molecule has 0 radical (unpaired) electrons. The predicted octanol–water partition coefficient (Wildman–Crippen LogP) is 5.99. The maximum Gasteiger partial charge on any atom is 0.305 e. The highest BCUT2D eigenvalue weighted by atomic mass is 32.1. The zero-order valence-electron chi connectivity index (χ0n) is 17.8. The van der Waals surface area contributed by atoms with Crippen LogP contribution in [0.1, 0.15) is 73.9 Å². The quantitative estimate of drug-likeness (QED) is 0.434. The Morgan fingerprint density at radius 2 is 2.21 bits per heavy atom. The summed E-state index contributed by atoms with van der Waals surface area (Å²) in [7, 11) is 0. The van der Waals surface area contributed by atoms with Gasteiger partial charge in [0.05, 0.1) is 19.1 Å². The minimum absolute atomic E-state index is 0.102. The number of carbonyl (C=O) groups is 1. The van der Waals surface area contributed by atoms with E-state index in [1.807, 2.05) is 6.92 Å². The summed E-state index contributed by atoms with van der Waals surface area (Å²) in [6.07, 6.45) is 3.09. The molecule has 1 unspecified atom stereocenters. The maximum absolute atomic E-state index is 11.7. The molecule has 0 saturated carbocycles. The van der Waals surface area contributed by atoms with E-state index in [-0.39, 0.29) is 17.3 Å². The molecule has 0 bridgehead atoms. The molecule has 0 fully saturated rings. The van der Waals surface area contributed by atoms with Crippen molar-refractivity contribution in [3.8, 4) is 17.6 Å². The van der Waals surface area contributed by atoms with Crippen molar-refractivity contribution in [1.29, 1.82) is 0 Å². The number of fused-ring (bicyclic) bond motifs is 1. The van der Waals surface area contributed by atoms with Gasteiger partial charge in [-0.1, -0.05) is 31.8 Å². The second kappa shape index (κ2) is 9.50. The number of hydrogen-bond donors (Lipinski definition) is 0. The molecule has 0 amide bonds. The van der Waals surface area contributed by atoms with Crippen LogP contribution >= 0.6 is 11.3 Å². The van der Waals surface area contributed by atoms with Crippen molar-refractivity contribution in [2.75, 3.05) is 13.2 Å². The Kier molecular flexibility index (Phi) is 7.03. The molecule has 3 rings (SSSR count). The first-order valence-electron chi connectivity index (χ1n) is 10.4. The molecule has 3 nitrogen and oxygen atoms in total. The number of benzene rings is 1. The molecular weight excluding hydrogens is 380 g/mol. The zero-order chi connectivity index (χ0) is 20.9. The second-order valence-corrected chi connectivity index (χ2v) is 9.16. The Morgan fingerprint density at radius 3 is 2.93 bits per heavy atom. The Hall–Kier alpha value is -2.25. The van der Waals surface area contributed by atoms with Crippen LogP contribution in [0.5, 0.6) is 5.75 Å². The third-order valence-electron chi connectivity index (χ3n) is 5.49. The van der Waals surface area contributed by atoms with Gasteiger partial charge in [-0.15, -0.1) is 11.3 Å². The summed E-state index contributed by atoms with van der Waals surface area (Å²) in [5.41, 5.74) is 3.55. The minimum Gasteiger partial charge on any atom is -0.493 e. The van der Waals surface area contributed by atoms with E-state index >= 15 is 0 Å². The lowest BCUT2D eigenvalue weighted by Crippen LogP contribution is -2.26. The van der Waals surface area contributed by atoms with E-state index in [9.17, 15) is 4.79 Å². The van der Waals surface area contributed by atoms with Gasteiger partial charge in [0.2, 0.25) is 0 Å². The molecule has 1 aliphatic heterocycles. The van der Waals surface area contributed by atoms with Crippen molar-refractivity contribution in [2.45, 2.75) is 64.7 Å². The molecule has 0 saturated heterocycles. The molecule has 0 N–H and O–H groups in total. The number of hydrogen-bond acceptors (Lipinski definition) is 4. The van der Waals surface area contributed by atoms with Crippen molar-refractivity contribution >= 4 is 17.3 Å². The van der Waals surface area contributed by atoms with Gasteiger partial charge >= 0.3 is 5.97 Å². The molecule has 0 spiro atoms. The van der Waals surface area contributed by atoms with Gasteiger partial charge in [0.15, 0.2) is 0 Å². The van der Waals surface area contributed by atoms with E-state index in [0.717, 1.165) is 42.7 Å². The minimum atomic E-state index is -0.127. The normalized spacial score (nSPS) is 15.4. The molecular formula is C25H30O3S. The number of carbonyl (C=O) groups excluding carboxylic acids is 1. The third kappa shape index (κ3) is 5.42.